The smallest absolute Gasteiger partial charge is 0.257 e. The predicted octanol–water partition coefficient (Wildman–Crippen LogP) is 1.48. The van der Waals surface area contributed by atoms with E-state index >= 15 is 0 Å². The number of amides is 1. The van der Waals surface area contributed by atoms with Crippen LogP contribution in [-0.4, -0.2) is 51.8 Å². The zero-order valence-electron chi connectivity index (χ0n) is 13.1. The van der Waals surface area contributed by atoms with E-state index in [4.69, 9.17) is 0 Å². The van der Waals surface area contributed by atoms with Gasteiger partial charge in [-0.3, -0.25) is 9.78 Å². The highest BCUT2D eigenvalue weighted by Crippen LogP contribution is 2.37. The molecule has 0 bridgehead atoms. The van der Waals surface area contributed by atoms with Crippen molar-refractivity contribution in [2.24, 2.45) is 5.41 Å². The van der Waals surface area contributed by atoms with Crippen LogP contribution >= 0.6 is 0 Å². The molecule has 2 aromatic rings. The summed E-state index contributed by atoms with van der Waals surface area (Å²) in [6.45, 7) is 3.91. The lowest BCUT2D eigenvalue weighted by atomic mass is 9.78. The van der Waals surface area contributed by atoms with E-state index in [-0.39, 0.29) is 5.91 Å². The fourth-order valence-corrected chi connectivity index (χ4v) is 3.65. The van der Waals surface area contributed by atoms with E-state index in [1.54, 1.807) is 29.5 Å². The van der Waals surface area contributed by atoms with Crippen LogP contribution in [0.4, 0.5) is 0 Å². The Morgan fingerprint density at radius 1 is 1.22 bits per heavy atom. The minimum absolute atomic E-state index is 0.0842. The van der Waals surface area contributed by atoms with Gasteiger partial charge in [0.2, 0.25) is 0 Å². The Morgan fingerprint density at radius 2 is 2.09 bits per heavy atom. The molecule has 6 nitrogen and oxygen atoms in total. The first-order chi connectivity index (χ1) is 11.3. The summed E-state index contributed by atoms with van der Waals surface area (Å²) >= 11 is 0. The standard InChI is InChI=1S/C17H21N5O/c23-16(21-8-4-17(5-9-21)3-7-19-13-17)14-10-20-22(12-14)15-2-1-6-18-11-15/h1-2,6,10-12,19H,3-5,7-9,13H2. The Hall–Kier alpha value is -2.21. The number of hydrogen-bond donors (Lipinski definition) is 1. The molecule has 23 heavy (non-hydrogen) atoms. The average Bonchev–Trinajstić information content (AvgIpc) is 3.26. The van der Waals surface area contributed by atoms with Crippen molar-refractivity contribution < 1.29 is 4.79 Å². The van der Waals surface area contributed by atoms with Gasteiger partial charge in [-0.15, -0.1) is 0 Å². The van der Waals surface area contributed by atoms with Gasteiger partial charge in [0.15, 0.2) is 0 Å². The molecule has 0 aromatic carbocycles. The van der Waals surface area contributed by atoms with Gasteiger partial charge in [-0.2, -0.15) is 5.10 Å². The number of nitrogens with zero attached hydrogens (tertiary/aromatic N) is 4. The van der Waals surface area contributed by atoms with Gasteiger partial charge in [0.05, 0.1) is 23.6 Å². The lowest BCUT2D eigenvalue weighted by Gasteiger charge is -2.38. The van der Waals surface area contributed by atoms with Gasteiger partial charge in [-0.05, 0) is 43.4 Å². The van der Waals surface area contributed by atoms with Crippen LogP contribution in [0.5, 0.6) is 0 Å². The van der Waals surface area contributed by atoms with Crippen LogP contribution in [-0.2, 0) is 0 Å². The summed E-state index contributed by atoms with van der Waals surface area (Å²) in [5.74, 6) is 0.0842. The molecule has 120 valence electrons. The fourth-order valence-electron chi connectivity index (χ4n) is 3.65. The van der Waals surface area contributed by atoms with Crippen molar-refractivity contribution in [2.75, 3.05) is 26.2 Å². The molecule has 2 fully saturated rings. The lowest BCUT2D eigenvalue weighted by Crippen LogP contribution is -2.43. The van der Waals surface area contributed by atoms with E-state index in [0.29, 0.717) is 11.0 Å². The van der Waals surface area contributed by atoms with Gasteiger partial charge in [0.25, 0.3) is 5.91 Å². The third-order valence-corrected chi connectivity index (χ3v) is 5.18. The van der Waals surface area contributed by atoms with Crippen molar-refractivity contribution in [3.63, 3.8) is 0 Å². The van der Waals surface area contributed by atoms with Gasteiger partial charge in [0, 0.05) is 32.0 Å². The first-order valence-corrected chi connectivity index (χ1v) is 8.21. The molecule has 4 rings (SSSR count). The van der Waals surface area contributed by atoms with Crippen molar-refractivity contribution in [3.8, 4) is 5.69 Å². The lowest BCUT2D eigenvalue weighted by molar-refractivity contribution is 0.0607. The van der Waals surface area contributed by atoms with Crippen molar-refractivity contribution in [2.45, 2.75) is 19.3 Å². The number of piperidine rings is 1. The maximum atomic E-state index is 12.7. The van der Waals surface area contributed by atoms with Gasteiger partial charge in [0.1, 0.15) is 0 Å². The van der Waals surface area contributed by atoms with E-state index in [9.17, 15) is 4.79 Å². The summed E-state index contributed by atoms with van der Waals surface area (Å²) in [5.41, 5.74) is 1.94. The molecule has 6 heteroatoms. The van der Waals surface area contributed by atoms with Gasteiger partial charge < -0.3 is 10.2 Å². The number of pyridine rings is 1. The number of likely N-dealkylation sites (tertiary alicyclic amines) is 1. The number of carbonyl (C=O) groups excluding carboxylic acids is 1. The minimum Gasteiger partial charge on any atom is -0.339 e. The topological polar surface area (TPSA) is 63.1 Å². The summed E-state index contributed by atoms with van der Waals surface area (Å²) in [4.78, 5) is 18.7. The van der Waals surface area contributed by atoms with Crippen LogP contribution in [0.25, 0.3) is 5.69 Å². The molecule has 1 N–H and O–H groups in total. The zero-order valence-corrected chi connectivity index (χ0v) is 13.1. The summed E-state index contributed by atoms with van der Waals surface area (Å²) in [5, 5.41) is 7.75. The molecule has 0 saturated carbocycles. The molecule has 0 radical (unpaired) electrons. The summed E-state index contributed by atoms with van der Waals surface area (Å²) in [7, 11) is 0. The van der Waals surface area contributed by atoms with Crippen LogP contribution in [0.15, 0.2) is 36.9 Å². The van der Waals surface area contributed by atoms with Crippen molar-refractivity contribution >= 4 is 5.91 Å². The molecule has 1 spiro atoms. The van der Waals surface area contributed by atoms with E-state index in [1.807, 2.05) is 17.0 Å². The maximum absolute atomic E-state index is 12.7. The number of nitrogens with one attached hydrogen (secondary N) is 1. The maximum Gasteiger partial charge on any atom is 0.257 e. The third-order valence-electron chi connectivity index (χ3n) is 5.18. The number of aromatic nitrogens is 3. The molecule has 2 aromatic heterocycles. The van der Waals surface area contributed by atoms with E-state index in [1.165, 1.54) is 6.42 Å². The molecule has 2 aliphatic heterocycles. The SMILES string of the molecule is O=C(c1cnn(-c2cccnc2)c1)N1CCC2(CCNC2)CC1. The van der Waals surface area contributed by atoms with Crippen molar-refractivity contribution in [3.05, 3.63) is 42.5 Å². The molecule has 2 aliphatic rings. The Kier molecular flexibility index (Phi) is 3.61. The Labute approximate surface area is 135 Å². The zero-order chi connectivity index (χ0) is 15.7. The molecule has 0 unspecified atom stereocenters. The molecular formula is C17H21N5O. The second kappa shape index (κ2) is 5.77. The van der Waals surface area contributed by atoms with E-state index in [0.717, 1.165) is 44.7 Å². The quantitative estimate of drug-likeness (QED) is 0.912. The van der Waals surface area contributed by atoms with Crippen LogP contribution in [0.3, 0.4) is 0 Å². The summed E-state index contributed by atoms with van der Waals surface area (Å²) in [6, 6.07) is 3.78. The largest absolute Gasteiger partial charge is 0.339 e. The number of hydrogen-bond acceptors (Lipinski definition) is 4. The van der Waals surface area contributed by atoms with Gasteiger partial charge in [-0.25, -0.2) is 4.68 Å². The van der Waals surface area contributed by atoms with Gasteiger partial charge in [-0.1, -0.05) is 0 Å². The predicted molar refractivity (Wildman–Crippen MR) is 86.4 cm³/mol. The van der Waals surface area contributed by atoms with Gasteiger partial charge >= 0.3 is 0 Å². The summed E-state index contributed by atoms with van der Waals surface area (Å²) < 4.78 is 1.70. The van der Waals surface area contributed by atoms with Crippen molar-refractivity contribution in [1.82, 2.24) is 25.0 Å². The Bertz CT molecular complexity index is 680. The highest BCUT2D eigenvalue weighted by atomic mass is 16.2. The molecular weight excluding hydrogens is 290 g/mol. The van der Waals surface area contributed by atoms with E-state index < -0.39 is 0 Å². The third kappa shape index (κ3) is 2.74. The highest BCUT2D eigenvalue weighted by Gasteiger charge is 2.38. The van der Waals surface area contributed by atoms with E-state index in [2.05, 4.69) is 15.4 Å². The Balaban J connectivity index is 1.45. The Morgan fingerprint density at radius 3 is 2.78 bits per heavy atom. The number of rotatable bonds is 2. The van der Waals surface area contributed by atoms with Crippen LogP contribution in [0, 0.1) is 5.41 Å². The van der Waals surface area contributed by atoms with Crippen molar-refractivity contribution in [1.29, 1.82) is 0 Å². The molecule has 0 atom stereocenters. The first-order valence-electron chi connectivity index (χ1n) is 8.21. The van der Waals surface area contributed by atoms with Crippen LogP contribution in [0.2, 0.25) is 0 Å². The van der Waals surface area contributed by atoms with Crippen LogP contribution < -0.4 is 5.32 Å². The summed E-state index contributed by atoms with van der Waals surface area (Å²) in [6.07, 6.45) is 10.3. The fraction of sp³-hybridized carbons (Fsp3) is 0.471. The minimum atomic E-state index is 0.0842. The second-order valence-electron chi connectivity index (χ2n) is 6.60. The molecule has 0 aliphatic carbocycles. The average molecular weight is 311 g/mol. The highest BCUT2D eigenvalue weighted by molar-refractivity contribution is 5.93. The monoisotopic (exact) mass is 311 g/mol. The van der Waals surface area contributed by atoms with Crippen LogP contribution in [0.1, 0.15) is 29.6 Å². The number of carbonyl (C=O) groups is 1. The molecule has 1 amide bonds. The second-order valence-corrected chi connectivity index (χ2v) is 6.60. The normalized spacial score (nSPS) is 20.1. The first kappa shape index (κ1) is 14.4. The molecule has 4 heterocycles. The molecule has 2 saturated heterocycles.